The lowest BCUT2D eigenvalue weighted by Crippen LogP contribution is -2.57. The van der Waals surface area contributed by atoms with Gasteiger partial charge in [0.2, 0.25) is 0 Å². The number of imidazole rings is 1. The Balaban J connectivity index is 1.40. The van der Waals surface area contributed by atoms with Gasteiger partial charge in [-0.2, -0.15) is 5.10 Å². The zero-order chi connectivity index (χ0) is 21.3. The van der Waals surface area contributed by atoms with E-state index in [1.54, 1.807) is 4.52 Å². The Morgan fingerprint density at radius 2 is 1.97 bits per heavy atom. The molecule has 0 unspecified atom stereocenters. The van der Waals surface area contributed by atoms with Crippen LogP contribution < -0.4 is 10.2 Å². The van der Waals surface area contributed by atoms with Crippen molar-refractivity contribution in [2.75, 3.05) is 18.0 Å². The Morgan fingerprint density at radius 1 is 1.13 bits per heavy atom. The highest BCUT2D eigenvalue weighted by atomic mass is 35.5. The number of piperazine rings is 1. The van der Waals surface area contributed by atoms with Crippen LogP contribution in [0.1, 0.15) is 31.0 Å². The maximum Gasteiger partial charge on any atom is 0.161 e. The molecule has 1 N–H and O–H groups in total. The normalized spacial score (nSPS) is 20.1. The molecule has 1 saturated heterocycles. The van der Waals surface area contributed by atoms with Crippen LogP contribution in [0.3, 0.4) is 0 Å². The van der Waals surface area contributed by atoms with Gasteiger partial charge in [-0.25, -0.2) is 19.5 Å². The zero-order valence-electron chi connectivity index (χ0n) is 17.9. The molecule has 4 aromatic heterocycles. The summed E-state index contributed by atoms with van der Waals surface area (Å²) in [7, 11) is 0. The van der Waals surface area contributed by atoms with Crippen LogP contribution in [0.4, 0.5) is 5.69 Å². The van der Waals surface area contributed by atoms with Gasteiger partial charge < -0.3 is 10.2 Å². The van der Waals surface area contributed by atoms with Gasteiger partial charge in [-0.05, 0) is 57.4 Å². The first kappa shape index (κ1) is 19.0. The van der Waals surface area contributed by atoms with Crippen LogP contribution in [-0.4, -0.2) is 49.2 Å². The van der Waals surface area contributed by atoms with Crippen LogP contribution in [0.2, 0.25) is 5.02 Å². The number of hydrogen-bond donors (Lipinski definition) is 1. The molecule has 2 fully saturated rings. The van der Waals surface area contributed by atoms with Crippen LogP contribution in [-0.2, 0) is 0 Å². The quantitative estimate of drug-likeness (QED) is 0.516. The van der Waals surface area contributed by atoms with Gasteiger partial charge in [0.25, 0.3) is 0 Å². The third-order valence-corrected chi connectivity index (χ3v) is 6.66. The third kappa shape index (κ3) is 3.23. The Kier molecular flexibility index (Phi) is 4.04. The molecule has 2 aliphatic rings. The first-order chi connectivity index (χ1) is 14.9. The van der Waals surface area contributed by atoms with Crippen LogP contribution in [0.25, 0.3) is 28.1 Å². The van der Waals surface area contributed by atoms with Crippen molar-refractivity contribution < 1.29 is 0 Å². The van der Waals surface area contributed by atoms with E-state index in [9.17, 15) is 0 Å². The lowest BCUT2D eigenvalue weighted by Gasteiger charge is -2.39. The molecule has 1 saturated carbocycles. The molecule has 1 aliphatic carbocycles. The van der Waals surface area contributed by atoms with Gasteiger partial charge in [0, 0.05) is 30.1 Å². The van der Waals surface area contributed by atoms with E-state index in [0.29, 0.717) is 22.4 Å². The predicted molar refractivity (Wildman–Crippen MR) is 123 cm³/mol. The van der Waals surface area contributed by atoms with Crippen molar-refractivity contribution in [1.29, 1.82) is 0 Å². The van der Waals surface area contributed by atoms with Gasteiger partial charge in [0.1, 0.15) is 5.69 Å². The molecule has 6 rings (SSSR count). The number of aryl methyl sites for hydroxylation is 2. The van der Waals surface area contributed by atoms with E-state index >= 15 is 0 Å². The van der Waals surface area contributed by atoms with Gasteiger partial charge >= 0.3 is 0 Å². The van der Waals surface area contributed by atoms with Gasteiger partial charge in [0.05, 0.1) is 34.5 Å². The van der Waals surface area contributed by atoms with Crippen LogP contribution >= 0.6 is 11.6 Å². The maximum absolute atomic E-state index is 6.72. The molecule has 31 heavy (non-hydrogen) atoms. The number of pyridine rings is 2. The molecule has 7 nitrogen and oxygen atoms in total. The van der Waals surface area contributed by atoms with Crippen molar-refractivity contribution in [2.24, 2.45) is 0 Å². The number of rotatable bonds is 2. The van der Waals surface area contributed by atoms with Crippen LogP contribution in [0.5, 0.6) is 0 Å². The summed E-state index contributed by atoms with van der Waals surface area (Å²) in [5, 5.41) is 9.94. The molecule has 5 heterocycles. The van der Waals surface area contributed by atoms with Crippen molar-refractivity contribution in [2.45, 2.75) is 45.2 Å². The average molecular weight is 434 g/mol. The second-order valence-electron chi connectivity index (χ2n) is 9.12. The zero-order valence-corrected chi connectivity index (χ0v) is 18.6. The third-order valence-electron chi connectivity index (χ3n) is 6.35. The summed E-state index contributed by atoms with van der Waals surface area (Å²) >= 11 is 6.72. The summed E-state index contributed by atoms with van der Waals surface area (Å²) in [5.41, 5.74) is 6.32. The molecule has 158 valence electrons. The molecule has 0 radical (unpaired) electrons. The molecular formula is C23H24ClN7. The van der Waals surface area contributed by atoms with E-state index in [-0.39, 0.29) is 5.54 Å². The lowest BCUT2D eigenvalue weighted by molar-refractivity contribution is 0.372. The Hall–Kier alpha value is -2.77. The summed E-state index contributed by atoms with van der Waals surface area (Å²) in [4.78, 5) is 16.4. The van der Waals surface area contributed by atoms with Crippen molar-refractivity contribution in [3.05, 3.63) is 46.9 Å². The maximum atomic E-state index is 6.72. The summed E-state index contributed by atoms with van der Waals surface area (Å²) in [6.07, 6.45) is 6.33. The minimum atomic E-state index is 0.284. The van der Waals surface area contributed by atoms with Crippen molar-refractivity contribution in [3.8, 4) is 11.4 Å². The monoisotopic (exact) mass is 433 g/mol. The fourth-order valence-electron chi connectivity index (χ4n) is 4.75. The smallest absolute Gasteiger partial charge is 0.161 e. The first-order valence-corrected chi connectivity index (χ1v) is 11.1. The number of nitrogens with zero attached hydrogens (tertiary/aromatic N) is 6. The van der Waals surface area contributed by atoms with Gasteiger partial charge in [-0.15, -0.1) is 0 Å². The lowest BCUT2D eigenvalue weighted by atomic mass is 10.1. The molecule has 0 aromatic carbocycles. The number of aromatic nitrogens is 5. The summed E-state index contributed by atoms with van der Waals surface area (Å²) in [5.74, 6) is 0. The van der Waals surface area contributed by atoms with E-state index in [1.807, 2.05) is 38.4 Å². The summed E-state index contributed by atoms with van der Waals surface area (Å²) in [6, 6.07) is 6.46. The fourth-order valence-corrected chi connectivity index (χ4v) is 5.00. The summed E-state index contributed by atoms with van der Waals surface area (Å²) < 4.78 is 1.80. The largest absolute Gasteiger partial charge is 0.367 e. The highest BCUT2D eigenvalue weighted by Crippen LogP contribution is 2.40. The fraction of sp³-hybridized carbons (Fsp3) is 0.391. The SMILES string of the molecule is Cc1cn2nc(-c3cc(Cl)c4cc(N5C[C@@H](C)NC6(CC6)C5)cnc4n3)cc(C)c2n1. The highest BCUT2D eigenvalue weighted by Gasteiger charge is 2.47. The molecule has 1 atom stereocenters. The second-order valence-corrected chi connectivity index (χ2v) is 9.53. The Morgan fingerprint density at radius 3 is 2.77 bits per heavy atom. The minimum Gasteiger partial charge on any atom is -0.367 e. The van der Waals surface area contributed by atoms with Gasteiger partial charge in [-0.1, -0.05) is 11.6 Å². The van der Waals surface area contributed by atoms with Gasteiger partial charge in [-0.3, -0.25) is 0 Å². The molecule has 1 aliphatic heterocycles. The minimum absolute atomic E-state index is 0.284. The number of anilines is 1. The first-order valence-electron chi connectivity index (χ1n) is 10.7. The standard InChI is InChI=1S/C23H24ClN7/c1-13-6-20(29-31-11-14(2)26-22(13)31)19-8-18(24)17-7-16(9-25-21(17)27-19)30-10-15(3)28-23(12-30)4-5-23/h6-9,11,15,28H,4-5,10,12H2,1-3H3/t15-/m1/s1. The van der Waals surface area contributed by atoms with Crippen molar-refractivity contribution in [1.82, 2.24) is 29.9 Å². The topological polar surface area (TPSA) is 71.2 Å². The van der Waals surface area contributed by atoms with Crippen molar-refractivity contribution >= 4 is 34.0 Å². The predicted octanol–water partition coefficient (Wildman–Crippen LogP) is 3.94. The number of fused-ring (bicyclic) bond motifs is 2. The average Bonchev–Trinajstić information content (AvgIpc) is 3.34. The highest BCUT2D eigenvalue weighted by molar-refractivity contribution is 6.35. The van der Waals surface area contributed by atoms with E-state index < -0.39 is 0 Å². The summed E-state index contributed by atoms with van der Waals surface area (Å²) in [6.45, 7) is 8.22. The Labute approximate surface area is 185 Å². The second kappa shape index (κ2) is 6.61. The molecule has 0 bridgehead atoms. The van der Waals surface area contributed by atoms with Crippen LogP contribution in [0.15, 0.2) is 30.6 Å². The Bertz CT molecular complexity index is 1340. The number of nitrogens with one attached hydrogen (secondary N) is 1. The van der Waals surface area contributed by atoms with E-state index in [2.05, 4.69) is 38.3 Å². The van der Waals surface area contributed by atoms with Gasteiger partial charge in [0.15, 0.2) is 11.3 Å². The molecule has 4 aromatic rings. The number of hydrogen-bond acceptors (Lipinski definition) is 6. The molecule has 0 amide bonds. The van der Waals surface area contributed by atoms with Crippen LogP contribution in [0, 0.1) is 13.8 Å². The molecule has 8 heteroatoms. The van der Waals surface area contributed by atoms with E-state index in [4.69, 9.17) is 16.6 Å². The van der Waals surface area contributed by atoms with E-state index in [1.165, 1.54) is 12.8 Å². The molecule has 1 spiro atoms. The van der Waals surface area contributed by atoms with Crippen molar-refractivity contribution in [3.63, 3.8) is 0 Å². The van der Waals surface area contributed by atoms with E-state index in [0.717, 1.165) is 46.8 Å². The number of halogens is 1. The molecular weight excluding hydrogens is 410 g/mol.